The maximum absolute atomic E-state index is 13.6. The highest BCUT2D eigenvalue weighted by Crippen LogP contribution is 2.10. The van der Waals surface area contributed by atoms with Crippen LogP contribution in [-0.4, -0.2) is 23.0 Å². The highest BCUT2D eigenvalue weighted by atomic mass is 19.1. The number of halogens is 2. The van der Waals surface area contributed by atoms with Gasteiger partial charge >= 0.3 is 5.97 Å². The van der Waals surface area contributed by atoms with Crippen LogP contribution in [0.25, 0.3) is 0 Å². The van der Waals surface area contributed by atoms with Crippen molar-refractivity contribution in [3.05, 3.63) is 71.3 Å². The zero-order valence-electron chi connectivity index (χ0n) is 12.1. The highest BCUT2D eigenvalue weighted by Gasteiger charge is 2.21. The second kappa shape index (κ2) is 7.49. The van der Waals surface area contributed by atoms with Crippen molar-refractivity contribution < 1.29 is 23.5 Å². The number of aliphatic carboxylic acids is 1. The minimum atomic E-state index is -1.26. The molecule has 0 spiro atoms. The summed E-state index contributed by atoms with van der Waals surface area (Å²) in [6.07, 6.45) is -0.324. The smallest absolute Gasteiger partial charge is 0.326 e. The lowest BCUT2D eigenvalue weighted by Gasteiger charge is -2.15. The van der Waals surface area contributed by atoms with Gasteiger partial charge in [-0.2, -0.15) is 0 Å². The first-order valence-electron chi connectivity index (χ1n) is 6.95. The van der Waals surface area contributed by atoms with Gasteiger partial charge in [-0.3, -0.25) is 4.79 Å². The van der Waals surface area contributed by atoms with Crippen LogP contribution >= 0.6 is 0 Å². The van der Waals surface area contributed by atoms with Crippen molar-refractivity contribution in [3.8, 4) is 0 Å². The molecular formula is C17H15F2NO3. The summed E-state index contributed by atoms with van der Waals surface area (Å²) < 4.78 is 26.7. The second-order valence-electron chi connectivity index (χ2n) is 5.06. The molecule has 4 nitrogen and oxygen atoms in total. The van der Waals surface area contributed by atoms with Gasteiger partial charge in [0.15, 0.2) is 0 Å². The van der Waals surface area contributed by atoms with Crippen molar-refractivity contribution in [1.82, 2.24) is 5.32 Å². The Hall–Kier alpha value is -2.76. The molecule has 23 heavy (non-hydrogen) atoms. The van der Waals surface area contributed by atoms with E-state index < -0.39 is 29.6 Å². The number of carboxylic acid groups (broad SMARTS) is 1. The molecule has 0 aliphatic carbocycles. The molecule has 0 unspecified atom stereocenters. The fourth-order valence-corrected chi connectivity index (χ4v) is 2.16. The third-order valence-electron chi connectivity index (χ3n) is 3.27. The summed E-state index contributed by atoms with van der Waals surface area (Å²) in [5.41, 5.74) is 0.628. The molecule has 2 rings (SSSR count). The lowest BCUT2D eigenvalue weighted by Crippen LogP contribution is -2.43. The molecule has 2 aromatic rings. The predicted octanol–water partition coefficient (Wildman–Crippen LogP) is 2.32. The number of hydrogen-bond donors (Lipinski definition) is 2. The minimum Gasteiger partial charge on any atom is -0.480 e. The summed E-state index contributed by atoms with van der Waals surface area (Å²) in [6, 6.07) is 10.00. The zero-order valence-corrected chi connectivity index (χ0v) is 12.1. The minimum absolute atomic E-state index is 0.154. The van der Waals surface area contributed by atoms with E-state index in [1.807, 2.05) is 0 Å². The molecule has 2 aromatic carbocycles. The van der Waals surface area contributed by atoms with Crippen LogP contribution in [0.5, 0.6) is 0 Å². The van der Waals surface area contributed by atoms with Crippen molar-refractivity contribution in [2.24, 2.45) is 0 Å². The average Bonchev–Trinajstić information content (AvgIpc) is 2.48. The van der Waals surface area contributed by atoms with Crippen LogP contribution < -0.4 is 5.32 Å². The molecule has 120 valence electrons. The number of carbonyl (C=O) groups excluding carboxylic acids is 1. The van der Waals surface area contributed by atoms with Crippen molar-refractivity contribution >= 4 is 11.9 Å². The van der Waals surface area contributed by atoms with Crippen molar-refractivity contribution in [2.45, 2.75) is 18.9 Å². The summed E-state index contributed by atoms with van der Waals surface area (Å²) >= 11 is 0. The Bertz CT molecular complexity index is 718. The molecule has 0 aliphatic heterocycles. The Morgan fingerprint density at radius 1 is 1.09 bits per heavy atom. The van der Waals surface area contributed by atoms with Crippen LogP contribution in [0, 0.1) is 11.6 Å². The first-order chi connectivity index (χ1) is 11.0. The standard InChI is InChI=1S/C17H15F2NO3/c18-13-6-3-4-11(8-13)9-16(21)20-15(17(22)23)10-12-5-1-2-7-14(12)19/h1-8,15H,9-10H2,(H,20,21)(H,22,23)/t15-/m0/s1. The van der Waals surface area contributed by atoms with E-state index in [-0.39, 0.29) is 18.4 Å². The van der Waals surface area contributed by atoms with Crippen LogP contribution in [0.2, 0.25) is 0 Å². The van der Waals surface area contributed by atoms with E-state index in [0.717, 1.165) is 0 Å². The Balaban J connectivity index is 2.03. The average molecular weight is 319 g/mol. The number of carbonyl (C=O) groups is 2. The van der Waals surface area contributed by atoms with E-state index in [1.54, 1.807) is 12.1 Å². The normalized spacial score (nSPS) is 11.7. The number of carboxylic acids is 1. The Morgan fingerprint density at radius 3 is 2.48 bits per heavy atom. The van der Waals surface area contributed by atoms with Crippen LogP contribution in [-0.2, 0) is 22.4 Å². The third-order valence-corrected chi connectivity index (χ3v) is 3.27. The maximum atomic E-state index is 13.6. The van der Waals surface area contributed by atoms with Gasteiger partial charge in [0.25, 0.3) is 0 Å². The van der Waals surface area contributed by atoms with E-state index in [9.17, 15) is 23.5 Å². The van der Waals surface area contributed by atoms with Gasteiger partial charge in [-0.25, -0.2) is 13.6 Å². The summed E-state index contributed by atoms with van der Waals surface area (Å²) in [6.45, 7) is 0. The number of hydrogen-bond acceptors (Lipinski definition) is 2. The molecule has 0 bridgehead atoms. The molecule has 2 N–H and O–H groups in total. The van der Waals surface area contributed by atoms with E-state index in [0.29, 0.717) is 5.56 Å². The SMILES string of the molecule is O=C(Cc1cccc(F)c1)N[C@@H](Cc1ccccc1F)C(=O)O. The molecule has 1 amide bonds. The van der Waals surface area contributed by atoms with Gasteiger partial charge in [0.05, 0.1) is 6.42 Å². The second-order valence-corrected chi connectivity index (χ2v) is 5.06. The summed E-state index contributed by atoms with van der Waals surface area (Å²) in [5.74, 6) is -2.84. The number of benzene rings is 2. The van der Waals surface area contributed by atoms with Crippen molar-refractivity contribution in [2.75, 3.05) is 0 Å². The fourth-order valence-electron chi connectivity index (χ4n) is 2.16. The number of rotatable bonds is 6. The summed E-state index contributed by atoms with van der Waals surface area (Å²) in [7, 11) is 0. The van der Waals surface area contributed by atoms with Crippen molar-refractivity contribution in [3.63, 3.8) is 0 Å². The first kappa shape index (κ1) is 16.6. The molecule has 6 heteroatoms. The van der Waals surface area contributed by atoms with Crippen LogP contribution in [0.1, 0.15) is 11.1 Å². The molecular weight excluding hydrogens is 304 g/mol. The quantitative estimate of drug-likeness (QED) is 0.859. The Labute approximate surface area is 131 Å². The van der Waals surface area contributed by atoms with E-state index in [1.165, 1.54) is 36.4 Å². The molecule has 0 aliphatic rings. The van der Waals surface area contributed by atoms with Crippen LogP contribution in [0.15, 0.2) is 48.5 Å². The molecule has 0 aromatic heterocycles. The summed E-state index contributed by atoms with van der Waals surface area (Å²) in [4.78, 5) is 23.2. The van der Waals surface area contributed by atoms with Crippen LogP contribution in [0.3, 0.4) is 0 Å². The lowest BCUT2D eigenvalue weighted by molar-refractivity contribution is -0.141. The highest BCUT2D eigenvalue weighted by molar-refractivity contribution is 5.85. The van der Waals surface area contributed by atoms with E-state index in [4.69, 9.17) is 0 Å². The van der Waals surface area contributed by atoms with Gasteiger partial charge in [0.2, 0.25) is 5.91 Å². The molecule has 0 heterocycles. The van der Waals surface area contributed by atoms with Gasteiger partial charge in [-0.15, -0.1) is 0 Å². The first-order valence-corrected chi connectivity index (χ1v) is 6.95. The van der Waals surface area contributed by atoms with Gasteiger partial charge < -0.3 is 10.4 Å². The van der Waals surface area contributed by atoms with E-state index in [2.05, 4.69) is 5.32 Å². The maximum Gasteiger partial charge on any atom is 0.326 e. The Morgan fingerprint density at radius 2 is 1.83 bits per heavy atom. The molecule has 0 radical (unpaired) electrons. The summed E-state index contributed by atoms with van der Waals surface area (Å²) in [5, 5.41) is 11.5. The van der Waals surface area contributed by atoms with Crippen LogP contribution in [0.4, 0.5) is 8.78 Å². The predicted molar refractivity (Wildman–Crippen MR) is 79.8 cm³/mol. The zero-order chi connectivity index (χ0) is 16.8. The topological polar surface area (TPSA) is 66.4 Å². The number of nitrogens with one attached hydrogen (secondary N) is 1. The lowest BCUT2D eigenvalue weighted by atomic mass is 10.0. The largest absolute Gasteiger partial charge is 0.480 e. The van der Waals surface area contributed by atoms with Gasteiger partial charge in [-0.05, 0) is 29.3 Å². The molecule has 0 saturated carbocycles. The monoisotopic (exact) mass is 319 g/mol. The van der Waals surface area contributed by atoms with Gasteiger partial charge in [-0.1, -0.05) is 30.3 Å². The molecule has 0 saturated heterocycles. The molecule has 1 atom stereocenters. The Kier molecular flexibility index (Phi) is 5.41. The van der Waals surface area contributed by atoms with Crippen molar-refractivity contribution in [1.29, 1.82) is 0 Å². The third kappa shape index (κ3) is 4.88. The van der Waals surface area contributed by atoms with Gasteiger partial charge in [0, 0.05) is 6.42 Å². The fraction of sp³-hybridized carbons (Fsp3) is 0.176. The van der Waals surface area contributed by atoms with Gasteiger partial charge in [0.1, 0.15) is 17.7 Å². The molecule has 0 fully saturated rings. The van der Waals surface area contributed by atoms with E-state index >= 15 is 0 Å². The number of amides is 1.